The van der Waals surface area contributed by atoms with Crippen molar-refractivity contribution in [3.05, 3.63) is 64.6 Å². The van der Waals surface area contributed by atoms with Gasteiger partial charge in [-0.15, -0.1) is 0 Å². The highest BCUT2D eigenvalue weighted by atomic mass is 79.9. The van der Waals surface area contributed by atoms with Crippen molar-refractivity contribution in [2.45, 2.75) is 31.5 Å². The average molecular weight is 471 g/mol. The van der Waals surface area contributed by atoms with Crippen LogP contribution in [0.4, 0.5) is 10.5 Å². The fourth-order valence-corrected chi connectivity index (χ4v) is 4.27. The number of benzene rings is 2. The number of rotatable bonds is 5. The lowest BCUT2D eigenvalue weighted by molar-refractivity contribution is -0.138. The second-order valence-electron chi connectivity index (χ2n) is 7.52. The van der Waals surface area contributed by atoms with Gasteiger partial charge in [0.2, 0.25) is 11.8 Å². The topological polar surface area (TPSA) is 81.8 Å². The van der Waals surface area contributed by atoms with E-state index in [-0.39, 0.29) is 30.9 Å². The van der Waals surface area contributed by atoms with Gasteiger partial charge in [-0.2, -0.15) is 0 Å². The summed E-state index contributed by atoms with van der Waals surface area (Å²) >= 11 is 3.37. The van der Waals surface area contributed by atoms with Crippen LogP contribution in [0.2, 0.25) is 0 Å². The normalized spacial score (nSPS) is 21.4. The maximum Gasteiger partial charge on any atom is 0.327 e. The number of halogens is 1. The summed E-state index contributed by atoms with van der Waals surface area (Å²) in [6.45, 7) is 0.809. The number of anilines is 1. The van der Waals surface area contributed by atoms with Crippen molar-refractivity contribution in [1.29, 1.82) is 0 Å². The maximum absolute atomic E-state index is 13.2. The Morgan fingerprint density at radius 2 is 1.83 bits per heavy atom. The molecule has 2 aliphatic heterocycles. The van der Waals surface area contributed by atoms with Gasteiger partial charge in [0.1, 0.15) is 12.6 Å². The Labute approximate surface area is 183 Å². The zero-order chi connectivity index (χ0) is 21.1. The van der Waals surface area contributed by atoms with Crippen LogP contribution in [0.5, 0.6) is 0 Å². The van der Waals surface area contributed by atoms with Crippen LogP contribution in [0.3, 0.4) is 0 Å². The number of carbonyl (C=O) groups excluding carboxylic acids is 3. The second kappa shape index (κ2) is 8.97. The number of fused-ring (bicyclic) bond motifs is 1. The summed E-state index contributed by atoms with van der Waals surface area (Å²) in [6, 6.07) is 15.4. The summed E-state index contributed by atoms with van der Waals surface area (Å²) in [5.74, 6) is -0.512. The summed E-state index contributed by atoms with van der Waals surface area (Å²) in [5, 5.41) is 6.08. The van der Waals surface area contributed by atoms with Crippen molar-refractivity contribution in [2.24, 2.45) is 0 Å². The number of piperidine rings is 1. The van der Waals surface area contributed by atoms with Gasteiger partial charge in [0.05, 0.1) is 12.6 Å². The Kier molecular flexibility index (Phi) is 6.15. The molecule has 2 unspecified atom stereocenters. The van der Waals surface area contributed by atoms with E-state index in [1.54, 1.807) is 12.1 Å². The fourth-order valence-electron chi connectivity index (χ4n) is 4.00. The van der Waals surface area contributed by atoms with Crippen LogP contribution in [0.1, 0.15) is 18.4 Å². The third-order valence-corrected chi connectivity index (χ3v) is 5.99. The maximum atomic E-state index is 13.2. The molecule has 0 saturated carbocycles. The molecule has 2 fully saturated rings. The van der Waals surface area contributed by atoms with Gasteiger partial charge >= 0.3 is 6.03 Å². The first-order valence-electron chi connectivity index (χ1n) is 9.97. The monoisotopic (exact) mass is 470 g/mol. The number of nitrogens with zero attached hydrogens (tertiary/aromatic N) is 2. The van der Waals surface area contributed by atoms with E-state index >= 15 is 0 Å². The number of amides is 4. The highest BCUT2D eigenvalue weighted by molar-refractivity contribution is 9.10. The standard InChI is InChI=1S/C22H23BrN4O3/c23-16-8-10-17(11-9-16)25-19(28)14-26-18-7-4-12-24-20(18)21(29)27(22(26)30)13-15-5-2-1-3-6-15/h1-3,5-6,8-11,18,20,24H,4,7,12-14H2,(H,25,28). The molecule has 4 amide bonds. The van der Waals surface area contributed by atoms with E-state index in [2.05, 4.69) is 26.6 Å². The minimum absolute atomic E-state index is 0.101. The van der Waals surface area contributed by atoms with Gasteiger partial charge in [-0.25, -0.2) is 4.79 Å². The lowest BCUT2D eigenvalue weighted by Crippen LogP contribution is -2.70. The van der Waals surface area contributed by atoms with Crippen molar-refractivity contribution < 1.29 is 14.4 Å². The summed E-state index contributed by atoms with van der Waals surface area (Å²) in [6.07, 6.45) is 1.55. The Morgan fingerprint density at radius 3 is 2.57 bits per heavy atom. The van der Waals surface area contributed by atoms with E-state index in [9.17, 15) is 14.4 Å². The average Bonchev–Trinajstić information content (AvgIpc) is 2.76. The van der Waals surface area contributed by atoms with E-state index in [4.69, 9.17) is 0 Å². The Bertz CT molecular complexity index is 935. The predicted molar refractivity (Wildman–Crippen MR) is 117 cm³/mol. The van der Waals surface area contributed by atoms with E-state index in [1.165, 1.54) is 9.80 Å². The van der Waals surface area contributed by atoms with Gasteiger partial charge < -0.3 is 15.5 Å². The van der Waals surface area contributed by atoms with Gasteiger partial charge in [-0.1, -0.05) is 46.3 Å². The minimum atomic E-state index is -0.486. The molecule has 0 radical (unpaired) electrons. The minimum Gasteiger partial charge on any atom is -0.325 e. The molecule has 30 heavy (non-hydrogen) atoms. The van der Waals surface area contributed by atoms with Crippen molar-refractivity contribution >= 4 is 39.5 Å². The summed E-state index contributed by atoms with van der Waals surface area (Å²) < 4.78 is 0.915. The molecule has 0 aliphatic carbocycles. The van der Waals surface area contributed by atoms with Crippen molar-refractivity contribution in [3.63, 3.8) is 0 Å². The molecular formula is C22H23BrN4O3. The first-order chi connectivity index (χ1) is 14.5. The molecule has 8 heteroatoms. The largest absolute Gasteiger partial charge is 0.327 e. The molecular weight excluding hydrogens is 448 g/mol. The number of nitrogens with one attached hydrogen (secondary N) is 2. The van der Waals surface area contributed by atoms with Gasteiger partial charge in [-0.05, 0) is 49.2 Å². The molecule has 2 aliphatic rings. The van der Waals surface area contributed by atoms with E-state index in [1.807, 2.05) is 42.5 Å². The zero-order valence-corrected chi connectivity index (χ0v) is 18.0. The molecule has 2 aromatic carbocycles. The second-order valence-corrected chi connectivity index (χ2v) is 8.43. The van der Waals surface area contributed by atoms with Gasteiger partial charge in [-0.3, -0.25) is 14.5 Å². The molecule has 0 bridgehead atoms. The summed E-state index contributed by atoms with van der Waals surface area (Å²) in [7, 11) is 0. The van der Waals surface area contributed by atoms with Crippen LogP contribution in [0.25, 0.3) is 0 Å². The van der Waals surface area contributed by atoms with Crippen molar-refractivity contribution in [2.75, 3.05) is 18.4 Å². The number of urea groups is 1. The lowest BCUT2D eigenvalue weighted by atomic mass is 9.93. The fraction of sp³-hybridized carbons (Fsp3) is 0.318. The van der Waals surface area contributed by atoms with Gasteiger partial charge in [0, 0.05) is 10.2 Å². The van der Waals surface area contributed by atoms with Crippen LogP contribution < -0.4 is 10.6 Å². The highest BCUT2D eigenvalue weighted by Crippen LogP contribution is 2.26. The Hall–Kier alpha value is -2.71. The summed E-state index contributed by atoms with van der Waals surface area (Å²) in [5.41, 5.74) is 1.52. The molecule has 156 valence electrons. The van der Waals surface area contributed by atoms with Crippen LogP contribution in [0.15, 0.2) is 59.1 Å². The molecule has 2 heterocycles. The van der Waals surface area contributed by atoms with E-state index < -0.39 is 12.1 Å². The number of hydrogen-bond acceptors (Lipinski definition) is 4. The molecule has 2 atom stereocenters. The van der Waals surface area contributed by atoms with Gasteiger partial charge in [0.15, 0.2) is 0 Å². The highest BCUT2D eigenvalue weighted by Gasteiger charge is 2.47. The first kappa shape index (κ1) is 20.6. The molecule has 7 nitrogen and oxygen atoms in total. The van der Waals surface area contributed by atoms with Crippen molar-refractivity contribution in [3.8, 4) is 0 Å². The Balaban J connectivity index is 1.53. The number of hydrogen-bond donors (Lipinski definition) is 2. The predicted octanol–water partition coefficient (Wildman–Crippen LogP) is 2.97. The first-order valence-corrected chi connectivity index (χ1v) is 10.8. The van der Waals surface area contributed by atoms with Crippen LogP contribution in [-0.4, -0.2) is 52.8 Å². The molecule has 0 spiro atoms. The number of carbonyl (C=O) groups is 3. The van der Waals surface area contributed by atoms with E-state index in [0.717, 1.165) is 23.0 Å². The number of imide groups is 1. The molecule has 0 aromatic heterocycles. The zero-order valence-electron chi connectivity index (χ0n) is 16.4. The Morgan fingerprint density at radius 1 is 1.10 bits per heavy atom. The third-order valence-electron chi connectivity index (χ3n) is 5.46. The smallest absolute Gasteiger partial charge is 0.325 e. The van der Waals surface area contributed by atoms with Crippen LogP contribution >= 0.6 is 15.9 Å². The third kappa shape index (κ3) is 4.39. The molecule has 2 N–H and O–H groups in total. The van der Waals surface area contributed by atoms with Crippen LogP contribution in [-0.2, 0) is 16.1 Å². The molecule has 2 aromatic rings. The van der Waals surface area contributed by atoms with Gasteiger partial charge in [0.25, 0.3) is 0 Å². The van der Waals surface area contributed by atoms with Crippen molar-refractivity contribution in [1.82, 2.24) is 15.1 Å². The summed E-state index contributed by atoms with van der Waals surface area (Å²) in [4.78, 5) is 41.8. The SMILES string of the molecule is O=C(CN1C(=O)N(Cc2ccccc2)C(=O)C2NCCCC21)Nc1ccc(Br)cc1. The molecule has 2 saturated heterocycles. The van der Waals surface area contributed by atoms with E-state index in [0.29, 0.717) is 12.1 Å². The van der Waals surface area contributed by atoms with Crippen LogP contribution in [0, 0.1) is 0 Å². The molecule has 4 rings (SSSR count). The lowest BCUT2D eigenvalue weighted by Gasteiger charge is -2.46. The quantitative estimate of drug-likeness (QED) is 0.703.